The zero-order valence-electron chi connectivity index (χ0n) is 9.32. The molecule has 0 aliphatic heterocycles. The van der Waals surface area contributed by atoms with Crippen LogP contribution in [-0.2, 0) is 12.7 Å². The Morgan fingerprint density at radius 1 is 1.15 bits per heavy atom. The van der Waals surface area contributed by atoms with Crippen molar-refractivity contribution >= 4 is 0 Å². The molecule has 11 heteroatoms. The highest BCUT2D eigenvalue weighted by atomic mass is 19.4. The summed E-state index contributed by atoms with van der Waals surface area (Å²) in [5.74, 6) is -1.85. The third-order valence-electron chi connectivity index (χ3n) is 2.03. The van der Waals surface area contributed by atoms with E-state index in [2.05, 4.69) is 9.72 Å². The first-order chi connectivity index (χ1) is 8.95. The first-order valence-electron chi connectivity index (χ1n) is 4.80. The van der Waals surface area contributed by atoms with Gasteiger partial charge < -0.3 is 10.5 Å². The van der Waals surface area contributed by atoms with E-state index in [0.29, 0.717) is 0 Å². The summed E-state index contributed by atoms with van der Waals surface area (Å²) < 4.78 is 102. The molecular weight excluding hydrogens is 304 g/mol. The normalized spacial score (nSPS) is 12.9. The predicted octanol–water partition coefficient (Wildman–Crippen LogP) is 3.40. The van der Waals surface area contributed by atoms with Gasteiger partial charge in [-0.25, -0.2) is 13.8 Å². The van der Waals surface area contributed by atoms with E-state index in [0.717, 1.165) is 0 Å². The van der Waals surface area contributed by atoms with Crippen LogP contribution in [0.1, 0.15) is 23.2 Å². The van der Waals surface area contributed by atoms with Gasteiger partial charge >= 0.3 is 12.5 Å². The molecule has 0 saturated carbocycles. The average Bonchev–Trinajstić information content (AvgIpc) is 2.24. The van der Waals surface area contributed by atoms with Crippen molar-refractivity contribution in [1.29, 1.82) is 0 Å². The van der Waals surface area contributed by atoms with Crippen LogP contribution >= 0.6 is 0 Å². The van der Waals surface area contributed by atoms with Gasteiger partial charge in [0.05, 0.1) is 5.56 Å². The van der Waals surface area contributed by atoms with Crippen LogP contribution in [0.15, 0.2) is 6.07 Å². The summed E-state index contributed by atoms with van der Waals surface area (Å²) in [5.41, 5.74) is 0.864. The molecule has 0 spiro atoms. The van der Waals surface area contributed by atoms with E-state index < -0.39 is 48.2 Å². The zero-order valence-corrected chi connectivity index (χ0v) is 9.32. The van der Waals surface area contributed by atoms with Gasteiger partial charge in [-0.15, -0.1) is 13.2 Å². The molecule has 0 amide bonds. The summed E-state index contributed by atoms with van der Waals surface area (Å²) in [6.45, 7) is -0.826. The maximum absolute atomic E-state index is 12.5. The SMILES string of the molecule is NCc1cc(C(F)F)c(OC(F)(F)F)nc1C(F)(F)F. The monoisotopic (exact) mass is 310 g/mol. The highest BCUT2D eigenvalue weighted by Crippen LogP contribution is 2.37. The van der Waals surface area contributed by atoms with Crippen molar-refractivity contribution in [3.8, 4) is 5.88 Å². The lowest BCUT2D eigenvalue weighted by molar-refractivity contribution is -0.277. The van der Waals surface area contributed by atoms with Gasteiger partial charge in [0, 0.05) is 6.54 Å². The summed E-state index contributed by atoms with van der Waals surface area (Å²) in [4.78, 5) is 2.49. The fourth-order valence-corrected chi connectivity index (χ4v) is 1.30. The van der Waals surface area contributed by atoms with Crippen LogP contribution in [0.4, 0.5) is 35.1 Å². The Labute approximate surface area is 106 Å². The van der Waals surface area contributed by atoms with E-state index in [1.165, 1.54) is 0 Å². The van der Waals surface area contributed by atoms with E-state index in [9.17, 15) is 35.1 Å². The van der Waals surface area contributed by atoms with E-state index in [-0.39, 0.29) is 6.07 Å². The second-order valence-corrected chi connectivity index (χ2v) is 3.44. The number of hydrogen-bond acceptors (Lipinski definition) is 3. The highest BCUT2D eigenvalue weighted by Gasteiger charge is 2.40. The van der Waals surface area contributed by atoms with Crippen molar-refractivity contribution in [3.63, 3.8) is 0 Å². The summed E-state index contributed by atoms with van der Waals surface area (Å²) >= 11 is 0. The second kappa shape index (κ2) is 5.38. The van der Waals surface area contributed by atoms with Gasteiger partial charge in [0.2, 0.25) is 5.88 Å². The average molecular weight is 310 g/mol. The molecule has 1 aromatic heterocycles. The molecule has 1 heterocycles. The Balaban J connectivity index is 3.47. The minimum atomic E-state index is -5.45. The van der Waals surface area contributed by atoms with Gasteiger partial charge in [-0.2, -0.15) is 13.2 Å². The van der Waals surface area contributed by atoms with E-state index in [1.54, 1.807) is 0 Å². The lowest BCUT2D eigenvalue weighted by Crippen LogP contribution is -2.22. The van der Waals surface area contributed by atoms with Crippen LogP contribution in [0, 0.1) is 0 Å². The van der Waals surface area contributed by atoms with Crippen LogP contribution in [0.5, 0.6) is 5.88 Å². The summed E-state index contributed by atoms with van der Waals surface area (Å²) in [6, 6.07) is 0.196. The van der Waals surface area contributed by atoms with Crippen molar-refractivity contribution in [2.24, 2.45) is 5.73 Å². The number of aromatic nitrogens is 1. The van der Waals surface area contributed by atoms with Crippen molar-refractivity contribution in [2.75, 3.05) is 0 Å². The fourth-order valence-electron chi connectivity index (χ4n) is 1.30. The second-order valence-electron chi connectivity index (χ2n) is 3.44. The van der Waals surface area contributed by atoms with Gasteiger partial charge in [0.15, 0.2) is 5.69 Å². The smallest absolute Gasteiger partial charge is 0.387 e. The molecule has 0 unspecified atom stereocenters. The Morgan fingerprint density at radius 3 is 2.05 bits per heavy atom. The summed E-state index contributed by atoms with van der Waals surface area (Å²) in [7, 11) is 0. The molecule has 0 aromatic carbocycles. The number of halogens is 8. The molecule has 0 fully saturated rings. The van der Waals surface area contributed by atoms with Crippen LogP contribution in [0.3, 0.4) is 0 Å². The molecule has 0 radical (unpaired) electrons. The quantitative estimate of drug-likeness (QED) is 0.871. The molecule has 0 bridgehead atoms. The third kappa shape index (κ3) is 3.92. The molecule has 3 nitrogen and oxygen atoms in total. The van der Waals surface area contributed by atoms with Crippen LogP contribution in [0.2, 0.25) is 0 Å². The topological polar surface area (TPSA) is 48.1 Å². The van der Waals surface area contributed by atoms with Gasteiger partial charge in [-0.05, 0) is 11.6 Å². The maximum atomic E-state index is 12.5. The van der Waals surface area contributed by atoms with Crippen LogP contribution in [0.25, 0.3) is 0 Å². The van der Waals surface area contributed by atoms with Gasteiger partial charge in [-0.3, -0.25) is 0 Å². The number of nitrogens with two attached hydrogens (primary N) is 1. The molecule has 20 heavy (non-hydrogen) atoms. The fraction of sp³-hybridized carbons (Fsp3) is 0.444. The van der Waals surface area contributed by atoms with Crippen molar-refractivity contribution < 1.29 is 39.9 Å². The first kappa shape index (κ1) is 16.4. The number of nitrogens with zero attached hydrogens (tertiary/aromatic N) is 1. The molecule has 0 atom stereocenters. The molecule has 1 rings (SSSR count). The first-order valence-corrected chi connectivity index (χ1v) is 4.80. The van der Waals surface area contributed by atoms with Crippen LogP contribution < -0.4 is 10.5 Å². The Hall–Kier alpha value is -1.65. The highest BCUT2D eigenvalue weighted by molar-refractivity contribution is 5.36. The minimum absolute atomic E-state index is 0.196. The van der Waals surface area contributed by atoms with Gasteiger partial charge in [0.1, 0.15) is 0 Å². The van der Waals surface area contributed by atoms with Crippen LogP contribution in [-0.4, -0.2) is 11.3 Å². The largest absolute Gasteiger partial charge is 0.574 e. The predicted molar refractivity (Wildman–Crippen MR) is 48.8 cm³/mol. The lowest BCUT2D eigenvalue weighted by atomic mass is 10.1. The maximum Gasteiger partial charge on any atom is 0.574 e. The number of hydrogen-bond donors (Lipinski definition) is 1. The van der Waals surface area contributed by atoms with Gasteiger partial charge in [-0.1, -0.05) is 0 Å². The molecule has 2 N–H and O–H groups in total. The molecule has 0 saturated heterocycles. The van der Waals surface area contributed by atoms with Crippen molar-refractivity contribution in [3.05, 3.63) is 22.9 Å². The van der Waals surface area contributed by atoms with E-state index in [1.807, 2.05) is 0 Å². The minimum Gasteiger partial charge on any atom is -0.387 e. The Bertz CT molecular complexity index is 482. The van der Waals surface area contributed by atoms with Gasteiger partial charge in [0.25, 0.3) is 6.43 Å². The number of alkyl halides is 8. The van der Waals surface area contributed by atoms with Crippen molar-refractivity contribution in [1.82, 2.24) is 4.98 Å². The molecule has 1 aromatic rings. The van der Waals surface area contributed by atoms with E-state index >= 15 is 0 Å². The van der Waals surface area contributed by atoms with E-state index in [4.69, 9.17) is 5.73 Å². The molecule has 0 aliphatic carbocycles. The Morgan fingerprint density at radius 2 is 1.70 bits per heavy atom. The molecular formula is C9H6F8N2O. The zero-order chi connectivity index (χ0) is 15.7. The number of rotatable bonds is 3. The third-order valence-corrected chi connectivity index (χ3v) is 2.03. The summed E-state index contributed by atoms with van der Waals surface area (Å²) in [5, 5.41) is 0. The number of ether oxygens (including phenoxy) is 1. The number of pyridine rings is 1. The standard InChI is InChI=1S/C9H6F8N2O/c10-6(11)4-1-3(2-18)5(8(12,13)14)19-7(4)20-9(15,16)17/h1,6H,2,18H2. The van der Waals surface area contributed by atoms with Crippen molar-refractivity contribution in [2.45, 2.75) is 25.5 Å². The molecule has 0 aliphatic rings. The molecule has 114 valence electrons. The Kier molecular flexibility index (Phi) is 4.42. The lowest BCUT2D eigenvalue weighted by Gasteiger charge is -2.17. The summed E-state index contributed by atoms with van der Waals surface area (Å²) in [6.07, 6.45) is -14.1.